The number of carboxylic acid groups (broad SMARTS) is 1. The number of aromatic carboxylic acids is 1. The molecule has 110 valence electrons. The molecule has 0 amide bonds. The van der Waals surface area contributed by atoms with Crippen LogP contribution in [0.2, 0.25) is 0 Å². The molecule has 1 aliphatic carbocycles. The zero-order valence-electron chi connectivity index (χ0n) is 12.0. The second kappa shape index (κ2) is 5.93. The molecule has 5 heteroatoms. The topological polar surface area (TPSA) is 63.1 Å². The van der Waals surface area contributed by atoms with Gasteiger partial charge in [0.2, 0.25) is 0 Å². The molecule has 0 saturated carbocycles. The Hall–Kier alpha value is -1.75. The first-order valence-corrected chi connectivity index (χ1v) is 8.17. The maximum absolute atomic E-state index is 11.0. The van der Waals surface area contributed by atoms with Crippen LogP contribution in [0.4, 0.5) is 0 Å². The van der Waals surface area contributed by atoms with E-state index in [1.54, 1.807) is 23.6 Å². The lowest BCUT2D eigenvalue weighted by Gasteiger charge is -2.20. The normalized spacial score (nSPS) is 17.5. The third kappa shape index (κ3) is 2.97. The highest BCUT2D eigenvalue weighted by atomic mass is 32.1. The number of nitrogens with zero attached hydrogens (tertiary/aromatic N) is 2. The first-order valence-electron chi connectivity index (χ1n) is 7.35. The van der Waals surface area contributed by atoms with Crippen molar-refractivity contribution in [1.29, 1.82) is 0 Å². The van der Waals surface area contributed by atoms with Crippen molar-refractivity contribution in [1.82, 2.24) is 9.97 Å². The van der Waals surface area contributed by atoms with Gasteiger partial charge in [-0.15, -0.1) is 11.3 Å². The summed E-state index contributed by atoms with van der Waals surface area (Å²) in [4.78, 5) is 21.4. The number of fused-ring (bicyclic) bond motifs is 1. The van der Waals surface area contributed by atoms with Gasteiger partial charge in [0.15, 0.2) is 0 Å². The van der Waals surface area contributed by atoms with E-state index >= 15 is 0 Å². The van der Waals surface area contributed by atoms with Crippen molar-refractivity contribution in [2.45, 2.75) is 39.0 Å². The number of rotatable bonds is 4. The van der Waals surface area contributed by atoms with Gasteiger partial charge in [0, 0.05) is 11.1 Å². The number of hydrogen-bond acceptors (Lipinski definition) is 4. The highest BCUT2D eigenvalue weighted by Crippen LogP contribution is 2.35. The van der Waals surface area contributed by atoms with Gasteiger partial charge in [-0.25, -0.2) is 9.78 Å². The molecule has 0 spiro atoms. The molecule has 21 heavy (non-hydrogen) atoms. The van der Waals surface area contributed by atoms with Gasteiger partial charge < -0.3 is 5.11 Å². The van der Waals surface area contributed by atoms with Gasteiger partial charge in [0.25, 0.3) is 0 Å². The lowest BCUT2D eigenvalue weighted by molar-refractivity contribution is 0.0697. The molecule has 0 fully saturated rings. The van der Waals surface area contributed by atoms with Crippen molar-refractivity contribution in [2.24, 2.45) is 5.92 Å². The Bertz CT molecular complexity index is 666. The van der Waals surface area contributed by atoms with Crippen molar-refractivity contribution < 1.29 is 9.90 Å². The standard InChI is InChI=1S/C16H18N2O2S/c1-2-3-10-4-5-12-14(8-10)21-15(18-12)13-9-11(16(19)20)6-7-17-13/h6-7,9-10H,2-5,8H2,1H3,(H,19,20). The minimum Gasteiger partial charge on any atom is -0.478 e. The van der Waals surface area contributed by atoms with Gasteiger partial charge in [0.1, 0.15) is 5.01 Å². The van der Waals surface area contributed by atoms with Crippen LogP contribution < -0.4 is 0 Å². The molecule has 0 saturated heterocycles. The molecule has 0 aliphatic heterocycles. The molecule has 2 aromatic heterocycles. The Balaban J connectivity index is 1.88. The quantitative estimate of drug-likeness (QED) is 0.933. The van der Waals surface area contributed by atoms with Gasteiger partial charge in [-0.05, 0) is 37.3 Å². The summed E-state index contributed by atoms with van der Waals surface area (Å²) in [5.41, 5.74) is 2.11. The number of pyridine rings is 1. The number of hydrogen-bond donors (Lipinski definition) is 1. The van der Waals surface area contributed by atoms with Crippen LogP contribution in [0.3, 0.4) is 0 Å². The maximum atomic E-state index is 11.0. The summed E-state index contributed by atoms with van der Waals surface area (Å²) in [6, 6.07) is 3.12. The van der Waals surface area contributed by atoms with E-state index in [0.29, 0.717) is 5.69 Å². The van der Waals surface area contributed by atoms with E-state index in [1.165, 1.54) is 35.9 Å². The van der Waals surface area contributed by atoms with Crippen LogP contribution in [0.5, 0.6) is 0 Å². The third-order valence-electron chi connectivity index (χ3n) is 3.96. The molecule has 0 aromatic carbocycles. The van der Waals surface area contributed by atoms with E-state index in [4.69, 9.17) is 5.11 Å². The van der Waals surface area contributed by atoms with Crippen LogP contribution in [0.1, 0.15) is 47.1 Å². The summed E-state index contributed by atoms with van der Waals surface area (Å²) in [5, 5.41) is 9.91. The lowest BCUT2D eigenvalue weighted by atomic mass is 9.88. The van der Waals surface area contributed by atoms with E-state index in [0.717, 1.165) is 23.8 Å². The Morgan fingerprint density at radius 1 is 1.52 bits per heavy atom. The smallest absolute Gasteiger partial charge is 0.335 e. The fraction of sp³-hybridized carbons (Fsp3) is 0.438. The molecule has 1 unspecified atom stereocenters. The molecule has 0 bridgehead atoms. The van der Waals surface area contributed by atoms with Gasteiger partial charge in [-0.3, -0.25) is 4.98 Å². The molecule has 1 N–H and O–H groups in total. The predicted octanol–water partition coefficient (Wildman–Crippen LogP) is 3.81. The summed E-state index contributed by atoms with van der Waals surface area (Å²) in [5.74, 6) is -0.155. The first kappa shape index (κ1) is 14.2. The van der Waals surface area contributed by atoms with E-state index in [-0.39, 0.29) is 5.56 Å². The van der Waals surface area contributed by atoms with E-state index in [9.17, 15) is 4.79 Å². The van der Waals surface area contributed by atoms with Crippen LogP contribution in [0.25, 0.3) is 10.7 Å². The van der Waals surface area contributed by atoms with Crippen LogP contribution in [-0.2, 0) is 12.8 Å². The predicted molar refractivity (Wildman–Crippen MR) is 82.7 cm³/mol. The molecule has 0 radical (unpaired) electrons. The summed E-state index contributed by atoms with van der Waals surface area (Å²) in [6.45, 7) is 2.23. The average molecular weight is 302 g/mol. The number of aryl methyl sites for hydroxylation is 1. The van der Waals surface area contributed by atoms with Crippen molar-refractivity contribution in [3.8, 4) is 10.7 Å². The monoisotopic (exact) mass is 302 g/mol. The fourth-order valence-electron chi connectivity index (χ4n) is 2.89. The second-order valence-electron chi connectivity index (χ2n) is 5.52. The Labute approximate surface area is 127 Å². The summed E-state index contributed by atoms with van der Waals surface area (Å²) >= 11 is 1.67. The number of thiazole rings is 1. The second-order valence-corrected chi connectivity index (χ2v) is 6.60. The van der Waals surface area contributed by atoms with Crippen molar-refractivity contribution in [3.63, 3.8) is 0 Å². The number of aromatic nitrogens is 2. The summed E-state index contributed by atoms with van der Waals surface area (Å²) < 4.78 is 0. The molecule has 1 aliphatic rings. The summed E-state index contributed by atoms with van der Waals surface area (Å²) in [7, 11) is 0. The first-order chi connectivity index (χ1) is 10.2. The molecule has 2 heterocycles. The van der Waals surface area contributed by atoms with E-state index in [1.807, 2.05) is 0 Å². The molecular formula is C16H18N2O2S. The Kier molecular flexibility index (Phi) is 4.01. The summed E-state index contributed by atoms with van der Waals surface area (Å²) in [6.07, 6.45) is 7.41. The van der Waals surface area contributed by atoms with Crippen molar-refractivity contribution >= 4 is 17.3 Å². The molecule has 3 rings (SSSR count). The van der Waals surface area contributed by atoms with Crippen LogP contribution in [-0.4, -0.2) is 21.0 Å². The highest BCUT2D eigenvalue weighted by molar-refractivity contribution is 7.15. The van der Waals surface area contributed by atoms with Crippen molar-refractivity contribution in [2.75, 3.05) is 0 Å². The minimum atomic E-state index is -0.928. The van der Waals surface area contributed by atoms with Crippen LogP contribution in [0, 0.1) is 5.92 Å². The largest absolute Gasteiger partial charge is 0.478 e. The highest BCUT2D eigenvalue weighted by Gasteiger charge is 2.22. The minimum absolute atomic E-state index is 0.261. The Morgan fingerprint density at radius 2 is 2.38 bits per heavy atom. The van der Waals surface area contributed by atoms with Crippen LogP contribution in [0.15, 0.2) is 18.3 Å². The third-order valence-corrected chi connectivity index (χ3v) is 5.11. The number of carbonyl (C=O) groups is 1. The SMILES string of the molecule is CCCC1CCc2nc(-c3cc(C(=O)O)ccn3)sc2C1. The molecular weight excluding hydrogens is 284 g/mol. The van der Waals surface area contributed by atoms with Gasteiger partial charge in [-0.2, -0.15) is 0 Å². The van der Waals surface area contributed by atoms with Gasteiger partial charge >= 0.3 is 5.97 Å². The maximum Gasteiger partial charge on any atom is 0.335 e. The molecule has 4 nitrogen and oxygen atoms in total. The molecule has 2 aromatic rings. The van der Waals surface area contributed by atoms with Gasteiger partial charge in [0.05, 0.1) is 17.0 Å². The van der Waals surface area contributed by atoms with Crippen LogP contribution >= 0.6 is 11.3 Å². The zero-order chi connectivity index (χ0) is 14.8. The lowest BCUT2D eigenvalue weighted by Crippen LogP contribution is -2.12. The Morgan fingerprint density at radius 3 is 3.14 bits per heavy atom. The fourth-order valence-corrected chi connectivity index (χ4v) is 4.08. The van der Waals surface area contributed by atoms with E-state index in [2.05, 4.69) is 16.9 Å². The molecule has 1 atom stereocenters. The zero-order valence-corrected chi connectivity index (χ0v) is 12.8. The number of carboxylic acids is 1. The van der Waals surface area contributed by atoms with E-state index < -0.39 is 5.97 Å². The van der Waals surface area contributed by atoms with Gasteiger partial charge in [-0.1, -0.05) is 19.8 Å². The van der Waals surface area contributed by atoms with Crippen molar-refractivity contribution in [3.05, 3.63) is 34.5 Å². The average Bonchev–Trinajstić information content (AvgIpc) is 2.91.